The Morgan fingerprint density at radius 2 is 2.17 bits per heavy atom. The van der Waals surface area contributed by atoms with E-state index in [0.29, 0.717) is 6.54 Å². The summed E-state index contributed by atoms with van der Waals surface area (Å²) in [5.74, 6) is 1.28. The topological polar surface area (TPSA) is 75.3 Å². The Labute approximate surface area is 139 Å². The Bertz CT molecular complexity index is 717. The molecule has 7 heteroatoms. The fraction of sp³-hybridized carbons (Fsp3) is 0.562. The van der Waals surface area contributed by atoms with Crippen LogP contribution in [0.3, 0.4) is 0 Å². The fourth-order valence-electron chi connectivity index (χ4n) is 3.65. The van der Waals surface area contributed by atoms with Crippen molar-refractivity contribution in [2.45, 2.75) is 25.3 Å². The molecular weight excluding hydrogens is 310 g/mol. The number of carbonyl (C=O) groups is 1. The van der Waals surface area contributed by atoms with Crippen LogP contribution in [0, 0.1) is 5.92 Å². The number of piperidine rings is 1. The maximum absolute atomic E-state index is 12.7. The van der Waals surface area contributed by atoms with E-state index in [4.69, 9.17) is 5.73 Å². The molecule has 122 valence electrons. The Morgan fingerprint density at radius 1 is 1.26 bits per heavy atom. The van der Waals surface area contributed by atoms with Crippen LogP contribution in [0.25, 0.3) is 10.2 Å². The van der Waals surface area contributed by atoms with Gasteiger partial charge >= 0.3 is 0 Å². The average molecular weight is 331 g/mol. The lowest BCUT2D eigenvalue weighted by Crippen LogP contribution is -2.45. The van der Waals surface area contributed by atoms with Gasteiger partial charge in [0.05, 0.1) is 11.3 Å². The van der Waals surface area contributed by atoms with Gasteiger partial charge < -0.3 is 15.5 Å². The second-order valence-corrected chi connectivity index (χ2v) is 7.35. The van der Waals surface area contributed by atoms with E-state index in [1.54, 1.807) is 17.7 Å². The first-order valence-electron chi connectivity index (χ1n) is 8.20. The predicted molar refractivity (Wildman–Crippen MR) is 91.5 cm³/mol. The third-order valence-electron chi connectivity index (χ3n) is 4.85. The molecular formula is C16H21N5OS. The van der Waals surface area contributed by atoms with Crippen molar-refractivity contribution in [2.75, 3.05) is 31.1 Å². The van der Waals surface area contributed by atoms with Crippen molar-refractivity contribution in [2.24, 2.45) is 11.7 Å². The number of nitrogens with zero attached hydrogens (tertiary/aromatic N) is 4. The maximum Gasteiger partial charge on any atom is 0.227 e. The van der Waals surface area contributed by atoms with Gasteiger partial charge in [0.15, 0.2) is 0 Å². The summed E-state index contributed by atoms with van der Waals surface area (Å²) < 4.78 is 0. The predicted octanol–water partition coefficient (Wildman–Crippen LogP) is 1.47. The van der Waals surface area contributed by atoms with Gasteiger partial charge in [-0.1, -0.05) is 0 Å². The van der Waals surface area contributed by atoms with Crippen molar-refractivity contribution in [1.82, 2.24) is 14.9 Å². The number of thiophene rings is 1. The molecule has 1 unspecified atom stereocenters. The van der Waals surface area contributed by atoms with E-state index in [-0.39, 0.29) is 17.9 Å². The molecule has 2 aliphatic rings. The van der Waals surface area contributed by atoms with Crippen LogP contribution >= 0.6 is 11.3 Å². The van der Waals surface area contributed by atoms with Crippen LogP contribution in [0.5, 0.6) is 0 Å². The van der Waals surface area contributed by atoms with Gasteiger partial charge in [-0.15, -0.1) is 11.3 Å². The van der Waals surface area contributed by atoms with Crippen molar-refractivity contribution in [3.8, 4) is 0 Å². The molecule has 23 heavy (non-hydrogen) atoms. The van der Waals surface area contributed by atoms with E-state index >= 15 is 0 Å². The molecule has 0 aromatic carbocycles. The molecule has 2 fully saturated rings. The first-order valence-corrected chi connectivity index (χ1v) is 9.08. The van der Waals surface area contributed by atoms with Gasteiger partial charge in [0.2, 0.25) is 5.91 Å². The van der Waals surface area contributed by atoms with E-state index in [2.05, 4.69) is 20.9 Å². The van der Waals surface area contributed by atoms with Gasteiger partial charge in [0.25, 0.3) is 0 Å². The van der Waals surface area contributed by atoms with Crippen LogP contribution in [0.1, 0.15) is 19.3 Å². The van der Waals surface area contributed by atoms with Crippen LogP contribution in [0.15, 0.2) is 17.8 Å². The summed E-state index contributed by atoms with van der Waals surface area (Å²) in [7, 11) is 0. The Kier molecular flexibility index (Phi) is 3.90. The highest BCUT2D eigenvalue weighted by Gasteiger charge is 2.33. The molecule has 0 aliphatic carbocycles. The van der Waals surface area contributed by atoms with Gasteiger partial charge in [-0.3, -0.25) is 4.79 Å². The third-order valence-corrected chi connectivity index (χ3v) is 5.67. The number of hydrogen-bond acceptors (Lipinski definition) is 6. The molecule has 2 aromatic heterocycles. The first kappa shape index (κ1) is 14.8. The standard InChI is InChI=1S/C16H21N5OS/c17-12-3-6-21(9-12)16(22)11-2-1-5-20(8-11)14-13-4-7-23-15(13)19-10-18-14/h4,7,10-12H,1-3,5-6,8-9,17H2/t11?,12-/m1/s1. The summed E-state index contributed by atoms with van der Waals surface area (Å²) in [6, 6.07) is 2.21. The Hall–Kier alpha value is -1.73. The lowest BCUT2D eigenvalue weighted by atomic mass is 9.96. The summed E-state index contributed by atoms with van der Waals surface area (Å²) in [5, 5.41) is 3.13. The van der Waals surface area contributed by atoms with E-state index < -0.39 is 0 Å². The highest BCUT2D eigenvalue weighted by molar-refractivity contribution is 7.16. The van der Waals surface area contributed by atoms with Crippen molar-refractivity contribution in [3.63, 3.8) is 0 Å². The van der Waals surface area contributed by atoms with Crippen molar-refractivity contribution in [1.29, 1.82) is 0 Å². The minimum atomic E-state index is 0.0534. The van der Waals surface area contributed by atoms with E-state index in [0.717, 1.165) is 54.9 Å². The molecule has 2 saturated heterocycles. The van der Waals surface area contributed by atoms with Gasteiger partial charge in [0.1, 0.15) is 17.0 Å². The number of aromatic nitrogens is 2. The number of anilines is 1. The highest BCUT2D eigenvalue weighted by atomic mass is 32.1. The zero-order valence-electron chi connectivity index (χ0n) is 13.0. The number of amides is 1. The zero-order chi connectivity index (χ0) is 15.8. The Balaban J connectivity index is 1.53. The molecule has 2 atom stereocenters. The van der Waals surface area contributed by atoms with Gasteiger partial charge in [-0.25, -0.2) is 9.97 Å². The lowest BCUT2D eigenvalue weighted by molar-refractivity contribution is -0.134. The maximum atomic E-state index is 12.7. The summed E-state index contributed by atoms with van der Waals surface area (Å²) in [4.78, 5) is 26.7. The van der Waals surface area contributed by atoms with E-state index in [9.17, 15) is 4.79 Å². The van der Waals surface area contributed by atoms with Crippen LogP contribution in [-0.2, 0) is 4.79 Å². The molecule has 2 aromatic rings. The van der Waals surface area contributed by atoms with Gasteiger partial charge in [-0.2, -0.15) is 0 Å². The fourth-order valence-corrected chi connectivity index (χ4v) is 4.37. The molecule has 2 aliphatic heterocycles. The number of rotatable bonds is 2. The van der Waals surface area contributed by atoms with Crippen LogP contribution in [-0.4, -0.2) is 53.0 Å². The van der Waals surface area contributed by atoms with Gasteiger partial charge in [0, 0.05) is 32.2 Å². The minimum Gasteiger partial charge on any atom is -0.355 e. The molecule has 0 spiro atoms. The summed E-state index contributed by atoms with van der Waals surface area (Å²) in [6.07, 6.45) is 4.52. The molecule has 4 rings (SSSR count). The zero-order valence-corrected chi connectivity index (χ0v) is 13.8. The monoisotopic (exact) mass is 331 g/mol. The smallest absolute Gasteiger partial charge is 0.227 e. The van der Waals surface area contributed by atoms with E-state index in [1.165, 1.54) is 0 Å². The second-order valence-electron chi connectivity index (χ2n) is 6.45. The lowest BCUT2D eigenvalue weighted by Gasteiger charge is -2.34. The normalized spacial score (nSPS) is 25.3. The minimum absolute atomic E-state index is 0.0534. The quantitative estimate of drug-likeness (QED) is 0.902. The number of fused-ring (bicyclic) bond motifs is 1. The van der Waals surface area contributed by atoms with Crippen molar-refractivity contribution < 1.29 is 4.79 Å². The van der Waals surface area contributed by atoms with Crippen LogP contribution < -0.4 is 10.6 Å². The average Bonchev–Trinajstić information content (AvgIpc) is 3.22. The molecule has 6 nitrogen and oxygen atoms in total. The molecule has 0 bridgehead atoms. The summed E-state index contributed by atoms with van der Waals surface area (Å²) >= 11 is 1.63. The second kappa shape index (κ2) is 6.05. The van der Waals surface area contributed by atoms with Gasteiger partial charge in [-0.05, 0) is 30.7 Å². The molecule has 4 heterocycles. The molecule has 2 N–H and O–H groups in total. The number of carbonyl (C=O) groups excluding carboxylic acids is 1. The summed E-state index contributed by atoms with van der Waals surface area (Å²) in [5.41, 5.74) is 5.94. The number of nitrogens with two attached hydrogens (primary N) is 1. The molecule has 1 amide bonds. The Morgan fingerprint density at radius 3 is 3.00 bits per heavy atom. The third kappa shape index (κ3) is 2.79. The molecule has 0 saturated carbocycles. The first-order chi connectivity index (χ1) is 11.2. The SMILES string of the molecule is N[C@@H]1CCN(C(=O)C2CCCN(c3ncnc4sccc34)C2)C1. The van der Waals surface area contributed by atoms with Crippen molar-refractivity contribution in [3.05, 3.63) is 17.8 Å². The number of likely N-dealkylation sites (tertiary alicyclic amines) is 1. The van der Waals surface area contributed by atoms with Crippen molar-refractivity contribution >= 4 is 33.3 Å². The van der Waals surface area contributed by atoms with Crippen LogP contribution in [0.2, 0.25) is 0 Å². The highest BCUT2D eigenvalue weighted by Crippen LogP contribution is 2.30. The number of hydrogen-bond donors (Lipinski definition) is 1. The largest absolute Gasteiger partial charge is 0.355 e. The molecule has 0 radical (unpaired) electrons. The summed E-state index contributed by atoms with van der Waals surface area (Å²) in [6.45, 7) is 3.20. The van der Waals surface area contributed by atoms with E-state index in [1.807, 2.05) is 10.3 Å². The van der Waals surface area contributed by atoms with Crippen LogP contribution in [0.4, 0.5) is 5.82 Å².